The molecule has 0 saturated carbocycles. The first kappa shape index (κ1) is 14.7. The molecule has 0 aliphatic carbocycles. The highest BCUT2D eigenvalue weighted by Gasteiger charge is 2.29. The van der Waals surface area contributed by atoms with Crippen molar-refractivity contribution in [3.63, 3.8) is 0 Å². The maximum absolute atomic E-state index is 9.55. The number of piperazine rings is 1. The molecule has 0 unspecified atom stereocenters. The maximum Gasteiger partial charge on any atom is 0.169 e. The minimum atomic E-state index is 0.0302. The maximum atomic E-state index is 9.55. The summed E-state index contributed by atoms with van der Waals surface area (Å²) in [5.74, 6) is 0.746. The van der Waals surface area contributed by atoms with Crippen LogP contribution in [-0.2, 0) is 12.8 Å². The van der Waals surface area contributed by atoms with E-state index in [1.54, 1.807) is 0 Å². The molecule has 1 saturated heterocycles. The highest BCUT2D eigenvalue weighted by atomic mass is 15.3. The third-order valence-electron chi connectivity index (χ3n) is 3.81. The Morgan fingerprint density at radius 1 is 1.30 bits per heavy atom. The number of aromatic nitrogens is 2. The normalized spacial score (nSPS) is 17.9. The van der Waals surface area contributed by atoms with Crippen molar-refractivity contribution in [3.8, 4) is 6.07 Å². The zero-order chi connectivity index (χ0) is 14.8. The topological polar surface area (TPSA) is 64.8 Å². The molecule has 1 aromatic heterocycles. The summed E-state index contributed by atoms with van der Waals surface area (Å²) in [5, 5.41) is 21.7. The minimum absolute atomic E-state index is 0.0302. The number of nitrogens with zero attached hydrogens (tertiary/aromatic N) is 4. The number of aryl methyl sites for hydroxylation is 1. The first-order chi connectivity index (χ1) is 9.52. The van der Waals surface area contributed by atoms with Crippen molar-refractivity contribution in [1.29, 1.82) is 5.26 Å². The van der Waals surface area contributed by atoms with Crippen molar-refractivity contribution in [2.75, 3.05) is 24.5 Å². The lowest BCUT2D eigenvalue weighted by Crippen LogP contribution is -2.57. The van der Waals surface area contributed by atoms with Crippen LogP contribution >= 0.6 is 0 Å². The highest BCUT2D eigenvalue weighted by Crippen LogP contribution is 2.25. The summed E-state index contributed by atoms with van der Waals surface area (Å²) in [7, 11) is 0. The van der Waals surface area contributed by atoms with Crippen molar-refractivity contribution in [2.45, 2.75) is 46.1 Å². The Morgan fingerprint density at radius 2 is 2.05 bits per heavy atom. The van der Waals surface area contributed by atoms with Crippen LogP contribution in [0, 0.1) is 11.3 Å². The first-order valence-corrected chi connectivity index (χ1v) is 7.31. The molecule has 20 heavy (non-hydrogen) atoms. The number of nitrogens with one attached hydrogen (secondary N) is 1. The monoisotopic (exact) mass is 273 g/mol. The van der Waals surface area contributed by atoms with Crippen molar-refractivity contribution < 1.29 is 0 Å². The summed E-state index contributed by atoms with van der Waals surface area (Å²) >= 11 is 0. The second kappa shape index (κ2) is 5.76. The molecule has 0 atom stereocenters. The molecule has 0 spiro atoms. The Labute approximate surface area is 121 Å². The highest BCUT2D eigenvalue weighted by molar-refractivity contribution is 5.58. The van der Waals surface area contributed by atoms with Crippen LogP contribution in [0.2, 0.25) is 0 Å². The fourth-order valence-electron chi connectivity index (χ4n) is 2.82. The molecule has 0 bridgehead atoms. The summed E-state index contributed by atoms with van der Waals surface area (Å²) < 4.78 is 0. The van der Waals surface area contributed by atoms with Gasteiger partial charge in [0.25, 0.3) is 0 Å². The zero-order valence-electron chi connectivity index (χ0n) is 12.8. The van der Waals surface area contributed by atoms with Gasteiger partial charge < -0.3 is 10.2 Å². The van der Waals surface area contributed by atoms with Gasteiger partial charge in [-0.1, -0.05) is 13.8 Å². The predicted molar refractivity (Wildman–Crippen MR) is 79.8 cm³/mol. The van der Waals surface area contributed by atoms with Gasteiger partial charge in [0.1, 0.15) is 11.6 Å². The van der Waals surface area contributed by atoms with Crippen LogP contribution in [0.1, 0.15) is 44.5 Å². The van der Waals surface area contributed by atoms with E-state index in [1.165, 1.54) is 0 Å². The minimum Gasteiger partial charge on any atom is -0.351 e. The Bertz CT molecular complexity index is 530. The van der Waals surface area contributed by atoms with Crippen LogP contribution < -0.4 is 10.2 Å². The van der Waals surface area contributed by atoms with E-state index in [-0.39, 0.29) is 5.54 Å². The summed E-state index contributed by atoms with van der Waals surface area (Å²) in [5.41, 5.74) is 2.73. The lowest BCUT2D eigenvalue weighted by atomic mass is 10.00. The Hall–Kier alpha value is -1.67. The molecule has 1 N–H and O–H groups in total. The molecule has 0 aromatic carbocycles. The molecule has 2 rings (SSSR count). The van der Waals surface area contributed by atoms with E-state index in [1.807, 2.05) is 0 Å². The van der Waals surface area contributed by atoms with Crippen molar-refractivity contribution >= 4 is 5.82 Å². The van der Waals surface area contributed by atoms with Crippen molar-refractivity contribution in [1.82, 2.24) is 15.5 Å². The second-order valence-corrected chi connectivity index (χ2v) is 5.87. The van der Waals surface area contributed by atoms with Crippen LogP contribution in [0.5, 0.6) is 0 Å². The molecule has 1 aliphatic heterocycles. The van der Waals surface area contributed by atoms with Gasteiger partial charge in [-0.05, 0) is 32.3 Å². The molecular weight excluding hydrogens is 250 g/mol. The van der Waals surface area contributed by atoms with E-state index in [0.717, 1.165) is 49.6 Å². The fraction of sp³-hybridized carbons (Fsp3) is 0.667. The zero-order valence-corrected chi connectivity index (χ0v) is 12.8. The van der Waals surface area contributed by atoms with Gasteiger partial charge >= 0.3 is 0 Å². The molecule has 1 fully saturated rings. The molecule has 0 radical (unpaired) electrons. The van der Waals surface area contributed by atoms with Gasteiger partial charge in [-0.3, -0.25) is 0 Å². The van der Waals surface area contributed by atoms with Gasteiger partial charge in [-0.15, -0.1) is 5.10 Å². The first-order valence-electron chi connectivity index (χ1n) is 7.31. The van der Waals surface area contributed by atoms with Gasteiger partial charge in [0, 0.05) is 25.2 Å². The van der Waals surface area contributed by atoms with E-state index in [4.69, 9.17) is 0 Å². The molecule has 1 aliphatic rings. The Kier molecular flexibility index (Phi) is 4.24. The number of rotatable bonds is 3. The Morgan fingerprint density at radius 3 is 2.60 bits per heavy atom. The number of hydrogen-bond donors (Lipinski definition) is 1. The van der Waals surface area contributed by atoms with E-state index in [9.17, 15) is 5.26 Å². The van der Waals surface area contributed by atoms with Crippen LogP contribution in [0.25, 0.3) is 0 Å². The molecule has 5 heteroatoms. The van der Waals surface area contributed by atoms with Gasteiger partial charge in [0.05, 0.1) is 5.69 Å². The van der Waals surface area contributed by atoms with Crippen LogP contribution in [0.3, 0.4) is 0 Å². The smallest absolute Gasteiger partial charge is 0.169 e. The van der Waals surface area contributed by atoms with Crippen LogP contribution in [0.4, 0.5) is 5.82 Å². The third kappa shape index (κ3) is 2.75. The van der Waals surface area contributed by atoms with Crippen LogP contribution in [0.15, 0.2) is 0 Å². The predicted octanol–water partition coefficient (Wildman–Crippen LogP) is 1.66. The lowest BCUT2D eigenvalue weighted by molar-refractivity contribution is 0.351. The summed E-state index contributed by atoms with van der Waals surface area (Å²) in [6.07, 6.45) is 1.64. The second-order valence-electron chi connectivity index (χ2n) is 5.87. The van der Waals surface area contributed by atoms with E-state index < -0.39 is 0 Å². The molecule has 0 amide bonds. The molecule has 2 heterocycles. The SMILES string of the molecule is CCc1nnc(N2CCNC(C)(C)C2)c(C#N)c1CC. The summed E-state index contributed by atoms with van der Waals surface area (Å²) in [6.45, 7) is 11.1. The van der Waals surface area contributed by atoms with E-state index >= 15 is 0 Å². The largest absolute Gasteiger partial charge is 0.351 e. The van der Waals surface area contributed by atoms with Gasteiger partial charge in [0.2, 0.25) is 0 Å². The molecule has 5 nitrogen and oxygen atoms in total. The van der Waals surface area contributed by atoms with Crippen molar-refractivity contribution in [2.24, 2.45) is 0 Å². The van der Waals surface area contributed by atoms with Gasteiger partial charge in [-0.25, -0.2) is 0 Å². The molecule has 1 aromatic rings. The number of nitriles is 1. The quantitative estimate of drug-likeness (QED) is 0.907. The lowest BCUT2D eigenvalue weighted by Gasteiger charge is -2.40. The van der Waals surface area contributed by atoms with Crippen LogP contribution in [-0.4, -0.2) is 35.4 Å². The summed E-state index contributed by atoms with van der Waals surface area (Å²) in [6, 6.07) is 2.35. The standard InChI is InChI=1S/C15H23N5/c1-5-11-12(9-16)14(19-18-13(11)6-2)20-8-7-17-15(3,4)10-20/h17H,5-8,10H2,1-4H3. The molecule has 108 valence electrons. The fourth-order valence-corrected chi connectivity index (χ4v) is 2.82. The van der Waals surface area contributed by atoms with Crippen molar-refractivity contribution in [3.05, 3.63) is 16.8 Å². The third-order valence-corrected chi connectivity index (χ3v) is 3.81. The van der Waals surface area contributed by atoms with Gasteiger partial charge in [-0.2, -0.15) is 10.4 Å². The number of hydrogen-bond acceptors (Lipinski definition) is 5. The average molecular weight is 273 g/mol. The molecular formula is C15H23N5. The number of anilines is 1. The van der Waals surface area contributed by atoms with Gasteiger partial charge in [0.15, 0.2) is 5.82 Å². The average Bonchev–Trinajstić information content (AvgIpc) is 2.44. The van der Waals surface area contributed by atoms with E-state index in [0.29, 0.717) is 5.56 Å². The summed E-state index contributed by atoms with van der Waals surface area (Å²) in [4.78, 5) is 2.18. The van der Waals surface area contributed by atoms with E-state index in [2.05, 4.69) is 54.2 Å². The Balaban J connectivity index is 2.44.